The molecule has 0 unspecified atom stereocenters. The van der Waals surface area contributed by atoms with Crippen LogP contribution in [0.15, 0.2) is 178 Å². The van der Waals surface area contributed by atoms with Gasteiger partial charge in [0, 0.05) is 49.4 Å². The van der Waals surface area contributed by atoms with Gasteiger partial charge in [0.15, 0.2) is 16.3 Å². The van der Waals surface area contributed by atoms with E-state index in [1.165, 1.54) is 0 Å². The van der Waals surface area contributed by atoms with Crippen LogP contribution in [0.1, 0.15) is 0 Å². The lowest BCUT2D eigenvalue weighted by atomic mass is 10.0. The van der Waals surface area contributed by atoms with E-state index in [0.29, 0.717) is 54.4 Å². The predicted molar refractivity (Wildman–Crippen MR) is 208 cm³/mol. The summed E-state index contributed by atoms with van der Waals surface area (Å²) in [6.45, 7) is 0. The van der Waals surface area contributed by atoms with Crippen LogP contribution in [-0.2, 0) is 0 Å². The Balaban J connectivity index is 1.46. The molecule has 10 aromatic rings. The number of hydrogen-bond donors (Lipinski definition) is 0. The molecule has 240 valence electrons. The second-order valence-corrected chi connectivity index (χ2v) is 12.8. The number of para-hydroxylation sites is 5. The Hall–Kier alpha value is -7.05. The fourth-order valence-corrected chi connectivity index (χ4v) is 7.73. The van der Waals surface area contributed by atoms with Crippen LogP contribution < -0.4 is 16.3 Å². The normalized spacial score (nSPS) is 11.8. The van der Waals surface area contributed by atoms with Crippen LogP contribution in [0.5, 0.6) is 0 Å². The van der Waals surface area contributed by atoms with E-state index in [0.717, 1.165) is 28.1 Å². The maximum absolute atomic E-state index is 14.8. The zero-order chi connectivity index (χ0) is 34.2. The van der Waals surface area contributed by atoms with Crippen LogP contribution in [0.4, 0.5) is 0 Å². The van der Waals surface area contributed by atoms with E-state index in [4.69, 9.17) is 0 Å². The third-order valence-electron chi connectivity index (χ3n) is 9.99. The lowest BCUT2D eigenvalue weighted by Crippen LogP contribution is -2.16. The van der Waals surface area contributed by atoms with Gasteiger partial charge in [0.05, 0.1) is 33.1 Å². The lowest BCUT2D eigenvalue weighted by Gasteiger charge is -2.21. The van der Waals surface area contributed by atoms with Gasteiger partial charge in [-0.1, -0.05) is 78.9 Å². The second kappa shape index (κ2) is 11.0. The smallest absolute Gasteiger partial charge is 0.197 e. The molecule has 0 aliphatic heterocycles. The number of fused-ring (bicyclic) bond motifs is 6. The monoisotopic (exact) mass is 657 g/mol. The Labute approximate surface area is 289 Å². The molecular weight excluding hydrogens is 631 g/mol. The molecule has 10 rings (SSSR count). The summed E-state index contributed by atoms with van der Waals surface area (Å²) in [5.74, 6) is 0. The zero-order valence-corrected chi connectivity index (χ0v) is 27.2. The summed E-state index contributed by atoms with van der Waals surface area (Å²) >= 11 is 0. The highest BCUT2D eigenvalue weighted by Gasteiger charge is 2.21. The van der Waals surface area contributed by atoms with Crippen LogP contribution in [0.25, 0.3) is 82.5 Å². The minimum Gasteiger partial charge on any atom is -0.309 e. The van der Waals surface area contributed by atoms with Gasteiger partial charge in [-0.05, 0) is 84.9 Å². The van der Waals surface area contributed by atoms with Gasteiger partial charge in [-0.3, -0.25) is 14.4 Å². The molecule has 0 bridgehead atoms. The largest absolute Gasteiger partial charge is 0.309 e. The molecule has 0 saturated heterocycles. The SMILES string of the molecule is O=c1c2ccccc2n(-c2ccccc2)c2cc3c(cc12)c(=O)c1cc2c(=O)c4ccccc4n(-c4ccccc4)c2cc1n3-c1ccccc1. The van der Waals surface area contributed by atoms with Crippen molar-refractivity contribution in [3.63, 3.8) is 0 Å². The first-order valence-electron chi connectivity index (χ1n) is 16.8. The number of pyridine rings is 3. The fourth-order valence-electron chi connectivity index (χ4n) is 7.73. The molecular formula is C45H27N3O3. The number of benzene rings is 7. The molecule has 0 fully saturated rings. The van der Waals surface area contributed by atoms with E-state index in [9.17, 15) is 14.4 Å². The Morgan fingerprint density at radius 3 is 0.882 bits per heavy atom. The minimum absolute atomic E-state index is 0.142. The summed E-state index contributed by atoms with van der Waals surface area (Å²) in [6.07, 6.45) is 0. The van der Waals surface area contributed by atoms with Crippen molar-refractivity contribution in [2.24, 2.45) is 0 Å². The van der Waals surface area contributed by atoms with Crippen molar-refractivity contribution < 1.29 is 0 Å². The third kappa shape index (κ3) is 4.20. The van der Waals surface area contributed by atoms with Crippen molar-refractivity contribution in [2.75, 3.05) is 0 Å². The lowest BCUT2D eigenvalue weighted by molar-refractivity contribution is 1.14. The quantitative estimate of drug-likeness (QED) is 0.178. The van der Waals surface area contributed by atoms with Gasteiger partial charge in [-0.15, -0.1) is 0 Å². The summed E-state index contributed by atoms with van der Waals surface area (Å²) in [5, 5.41) is 2.82. The van der Waals surface area contributed by atoms with E-state index in [1.54, 1.807) is 12.1 Å². The van der Waals surface area contributed by atoms with Crippen molar-refractivity contribution in [3.05, 3.63) is 194 Å². The summed E-state index contributed by atoms with van der Waals surface area (Å²) in [7, 11) is 0. The van der Waals surface area contributed by atoms with Crippen molar-refractivity contribution in [2.45, 2.75) is 0 Å². The maximum atomic E-state index is 14.8. The van der Waals surface area contributed by atoms with E-state index < -0.39 is 0 Å². The summed E-state index contributed by atoms with van der Waals surface area (Å²) in [5.41, 5.74) is 6.35. The first-order valence-corrected chi connectivity index (χ1v) is 16.8. The highest BCUT2D eigenvalue weighted by atomic mass is 16.1. The van der Waals surface area contributed by atoms with Crippen LogP contribution >= 0.6 is 0 Å². The summed E-state index contributed by atoms with van der Waals surface area (Å²) in [6, 6.07) is 52.4. The molecule has 0 amide bonds. The van der Waals surface area contributed by atoms with Gasteiger partial charge < -0.3 is 13.7 Å². The second-order valence-electron chi connectivity index (χ2n) is 12.8. The highest BCUT2D eigenvalue weighted by molar-refractivity contribution is 6.08. The molecule has 3 aromatic heterocycles. The molecule has 0 N–H and O–H groups in total. The Kier molecular flexibility index (Phi) is 6.23. The molecule has 6 nitrogen and oxygen atoms in total. The predicted octanol–water partition coefficient (Wildman–Crippen LogP) is 9.06. The topological polar surface area (TPSA) is 66.0 Å². The van der Waals surface area contributed by atoms with Crippen LogP contribution in [0, 0.1) is 0 Å². The van der Waals surface area contributed by atoms with E-state index in [1.807, 2.05) is 152 Å². The van der Waals surface area contributed by atoms with Gasteiger partial charge in [0.2, 0.25) is 0 Å². The van der Waals surface area contributed by atoms with Gasteiger partial charge in [-0.25, -0.2) is 0 Å². The number of nitrogens with zero attached hydrogens (tertiary/aromatic N) is 3. The molecule has 6 heteroatoms. The van der Waals surface area contributed by atoms with Crippen LogP contribution in [0.2, 0.25) is 0 Å². The molecule has 0 saturated carbocycles. The maximum Gasteiger partial charge on any atom is 0.197 e. The number of hydrogen-bond acceptors (Lipinski definition) is 3. The average molecular weight is 658 g/mol. The molecule has 0 radical (unpaired) electrons. The van der Waals surface area contributed by atoms with Crippen LogP contribution in [0.3, 0.4) is 0 Å². The van der Waals surface area contributed by atoms with Crippen LogP contribution in [-0.4, -0.2) is 13.7 Å². The van der Waals surface area contributed by atoms with E-state index >= 15 is 0 Å². The average Bonchev–Trinajstić information content (AvgIpc) is 3.19. The zero-order valence-electron chi connectivity index (χ0n) is 27.2. The van der Waals surface area contributed by atoms with Gasteiger partial charge >= 0.3 is 0 Å². The molecule has 0 aliphatic carbocycles. The van der Waals surface area contributed by atoms with Gasteiger partial charge in [0.25, 0.3) is 0 Å². The van der Waals surface area contributed by atoms with Gasteiger partial charge in [-0.2, -0.15) is 0 Å². The number of aromatic nitrogens is 3. The summed E-state index contributed by atoms with van der Waals surface area (Å²) < 4.78 is 6.26. The van der Waals surface area contributed by atoms with E-state index in [2.05, 4.69) is 13.7 Å². The molecule has 3 heterocycles. The Bertz CT molecular complexity index is 3040. The standard InChI is InChI=1S/C45H27N3O3/c49-43-31-20-10-12-22-37(31)46(28-14-4-1-5-15-28)39-26-41-35(24-33(39)43)45(51)36-25-34-40(27-42(36)48(41)30-18-8-3-9-19-30)47(29-16-6-2-7-17-29)38-23-13-11-21-32(38)44(34)50/h1-27H. The third-order valence-corrected chi connectivity index (χ3v) is 9.99. The Morgan fingerprint density at radius 1 is 0.255 bits per heavy atom. The molecule has 0 atom stereocenters. The fraction of sp³-hybridized carbons (Fsp3) is 0. The van der Waals surface area contributed by atoms with Gasteiger partial charge in [0.1, 0.15) is 0 Å². The molecule has 7 aromatic carbocycles. The summed E-state index contributed by atoms with van der Waals surface area (Å²) in [4.78, 5) is 43.2. The Morgan fingerprint density at radius 2 is 0.529 bits per heavy atom. The molecule has 51 heavy (non-hydrogen) atoms. The van der Waals surface area contributed by atoms with Crippen molar-refractivity contribution in [1.29, 1.82) is 0 Å². The van der Waals surface area contributed by atoms with E-state index in [-0.39, 0.29) is 16.3 Å². The number of rotatable bonds is 3. The van der Waals surface area contributed by atoms with Crippen molar-refractivity contribution >= 4 is 65.4 Å². The minimum atomic E-state index is -0.242. The highest BCUT2D eigenvalue weighted by Crippen LogP contribution is 2.33. The molecule has 0 aliphatic rings. The van der Waals surface area contributed by atoms with Crippen molar-refractivity contribution in [3.8, 4) is 17.1 Å². The first kappa shape index (κ1) is 28.9. The first-order chi connectivity index (χ1) is 25.1. The van der Waals surface area contributed by atoms with Crippen molar-refractivity contribution in [1.82, 2.24) is 13.7 Å². The molecule has 0 spiro atoms.